The summed E-state index contributed by atoms with van der Waals surface area (Å²) >= 11 is 0. The van der Waals surface area contributed by atoms with Crippen molar-refractivity contribution in [2.24, 2.45) is 0 Å². The summed E-state index contributed by atoms with van der Waals surface area (Å²) in [6.07, 6.45) is 0.945. The molecule has 1 saturated heterocycles. The molecule has 2 aliphatic rings. The SMILES string of the molecule is CC(C)NC(=O)c1ccc(N2CCC(N3C(=O)OCc4ccccc43)CC2)c([N+](=O)[O-])c1.[HH]. The number of nitro benzene ring substituents is 1. The molecule has 2 aliphatic heterocycles. The van der Waals surface area contributed by atoms with E-state index in [1.54, 1.807) is 17.0 Å². The van der Waals surface area contributed by atoms with E-state index in [1.165, 1.54) is 6.07 Å². The van der Waals surface area contributed by atoms with Crippen molar-refractivity contribution in [3.8, 4) is 0 Å². The molecule has 0 spiro atoms. The number of carbonyl (C=O) groups is 2. The Labute approximate surface area is 187 Å². The lowest BCUT2D eigenvalue weighted by molar-refractivity contribution is -0.384. The summed E-state index contributed by atoms with van der Waals surface area (Å²) in [5.41, 5.74) is 2.49. The predicted octanol–water partition coefficient (Wildman–Crippen LogP) is 4.10. The Morgan fingerprint density at radius 3 is 2.59 bits per heavy atom. The molecular weight excluding hydrogens is 412 g/mol. The number of para-hydroxylation sites is 1. The van der Waals surface area contributed by atoms with E-state index in [1.807, 2.05) is 43.0 Å². The molecule has 4 rings (SSSR count). The summed E-state index contributed by atoms with van der Waals surface area (Å²) < 4.78 is 5.34. The molecule has 0 unspecified atom stereocenters. The zero-order chi connectivity index (χ0) is 22.8. The largest absolute Gasteiger partial charge is 0.444 e. The highest BCUT2D eigenvalue weighted by Crippen LogP contribution is 2.35. The van der Waals surface area contributed by atoms with Crippen LogP contribution in [-0.2, 0) is 11.3 Å². The van der Waals surface area contributed by atoms with Gasteiger partial charge in [0.2, 0.25) is 0 Å². The third-order valence-corrected chi connectivity index (χ3v) is 5.82. The van der Waals surface area contributed by atoms with E-state index >= 15 is 0 Å². The summed E-state index contributed by atoms with van der Waals surface area (Å²) in [5, 5.41) is 14.5. The zero-order valence-electron chi connectivity index (χ0n) is 18.1. The Kier molecular flexibility index (Phi) is 5.98. The first-order valence-electron chi connectivity index (χ1n) is 10.7. The van der Waals surface area contributed by atoms with Gasteiger partial charge in [0.25, 0.3) is 11.6 Å². The van der Waals surface area contributed by atoms with Crippen LogP contribution in [0.3, 0.4) is 0 Å². The van der Waals surface area contributed by atoms with Crippen molar-refractivity contribution >= 4 is 29.1 Å². The smallest absolute Gasteiger partial charge is 0.414 e. The van der Waals surface area contributed by atoms with Crippen molar-refractivity contribution in [3.05, 3.63) is 63.7 Å². The van der Waals surface area contributed by atoms with Gasteiger partial charge < -0.3 is 15.0 Å². The Morgan fingerprint density at radius 1 is 1.19 bits per heavy atom. The molecule has 2 amide bonds. The molecule has 2 aromatic rings. The fourth-order valence-corrected chi connectivity index (χ4v) is 4.31. The van der Waals surface area contributed by atoms with Crippen molar-refractivity contribution in [2.45, 2.75) is 45.4 Å². The lowest BCUT2D eigenvalue weighted by Gasteiger charge is -2.40. The number of fused-ring (bicyclic) bond motifs is 1. The zero-order valence-corrected chi connectivity index (χ0v) is 18.1. The van der Waals surface area contributed by atoms with E-state index in [-0.39, 0.29) is 43.4 Å². The fraction of sp³-hybridized carbons (Fsp3) is 0.391. The number of hydrogen-bond donors (Lipinski definition) is 1. The van der Waals surface area contributed by atoms with Gasteiger partial charge in [-0.1, -0.05) is 18.2 Å². The number of anilines is 2. The molecule has 32 heavy (non-hydrogen) atoms. The van der Waals surface area contributed by atoms with Crippen LogP contribution in [0, 0.1) is 10.1 Å². The van der Waals surface area contributed by atoms with Gasteiger partial charge in [0.05, 0.1) is 10.6 Å². The maximum absolute atomic E-state index is 12.5. The van der Waals surface area contributed by atoms with Crippen LogP contribution in [0.1, 0.15) is 44.0 Å². The average Bonchev–Trinajstić information content (AvgIpc) is 2.78. The standard InChI is InChI=1S/C23H26N4O5.H2/c1-15(2)24-22(28)16-7-8-20(21(13-16)27(30)31)25-11-9-18(10-12-25)26-19-6-4-3-5-17(19)14-32-23(26)29;/h3-8,13,15,18H,9-12,14H2,1-2H3,(H,24,28);1H. The van der Waals surface area contributed by atoms with E-state index < -0.39 is 4.92 Å². The van der Waals surface area contributed by atoms with E-state index in [2.05, 4.69) is 5.32 Å². The Bertz CT molecular complexity index is 1050. The molecule has 170 valence electrons. The first-order chi connectivity index (χ1) is 15.3. The fourth-order valence-electron chi connectivity index (χ4n) is 4.31. The summed E-state index contributed by atoms with van der Waals surface area (Å²) in [7, 11) is 0. The van der Waals surface area contributed by atoms with Gasteiger partial charge in [-0.15, -0.1) is 0 Å². The van der Waals surface area contributed by atoms with Crippen molar-refractivity contribution in [2.75, 3.05) is 22.9 Å². The predicted molar refractivity (Wildman–Crippen MR) is 122 cm³/mol. The highest BCUT2D eigenvalue weighted by Gasteiger charge is 2.35. The molecule has 2 aromatic carbocycles. The second kappa shape index (κ2) is 8.86. The number of nitrogens with one attached hydrogen (secondary N) is 1. The number of carbonyl (C=O) groups excluding carboxylic acids is 2. The molecule has 2 heterocycles. The van der Waals surface area contributed by atoms with Crippen LogP contribution in [0.2, 0.25) is 0 Å². The maximum atomic E-state index is 12.5. The van der Waals surface area contributed by atoms with Gasteiger partial charge in [0.1, 0.15) is 12.3 Å². The van der Waals surface area contributed by atoms with E-state index in [0.29, 0.717) is 31.6 Å². The summed E-state index contributed by atoms with van der Waals surface area (Å²) in [4.78, 5) is 39.7. The second-order valence-corrected chi connectivity index (χ2v) is 8.36. The van der Waals surface area contributed by atoms with Gasteiger partial charge in [0.15, 0.2) is 0 Å². The van der Waals surface area contributed by atoms with Gasteiger partial charge in [-0.2, -0.15) is 0 Å². The molecule has 0 aliphatic carbocycles. The summed E-state index contributed by atoms with van der Waals surface area (Å²) in [5.74, 6) is -0.337. The van der Waals surface area contributed by atoms with Crippen LogP contribution in [0.4, 0.5) is 21.9 Å². The number of benzene rings is 2. The average molecular weight is 441 g/mol. The van der Waals surface area contributed by atoms with Crippen LogP contribution in [0.15, 0.2) is 42.5 Å². The normalized spacial score (nSPS) is 16.5. The van der Waals surface area contributed by atoms with E-state index in [0.717, 1.165) is 11.3 Å². The molecule has 0 radical (unpaired) electrons. The van der Waals surface area contributed by atoms with Crippen LogP contribution in [0.25, 0.3) is 0 Å². The number of nitro groups is 1. The van der Waals surface area contributed by atoms with Crippen molar-refractivity contribution in [1.29, 1.82) is 0 Å². The maximum Gasteiger partial charge on any atom is 0.414 e. The van der Waals surface area contributed by atoms with Crippen LogP contribution in [0.5, 0.6) is 0 Å². The van der Waals surface area contributed by atoms with E-state index in [4.69, 9.17) is 4.74 Å². The van der Waals surface area contributed by atoms with Crippen molar-refractivity contribution < 1.29 is 20.7 Å². The monoisotopic (exact) mass is 440 g/mol. The molecule has 0 atom stereocenters. The minimum absolute atomic E-state index is 0. The lowest BCUT2D eigenvalue weighted by Crippen LogP contribution is -2.49. The highest BCUT2D eigenvalue weighted by molar-refractivity contribution is 5.96. The molecular formula is C23H28N4O5. The number of ether oxygens (including phenoxy) is 1. The third-order valence-electron chi connectivity index (χ3n) is 5.82. The molecule has 0 saturated carbocycles. The van der Waals surface area contributed by atoms with Crippen LogP contribution in [-0.4, -0.2) is 42.1 Å². The number of nitrogens with zero attached hydrogens (tertiary/aromatic N) is 3. The molecule has 9 nitrogen and oxygen atoms in total. The van der Waals surface area contributed by atoms with Crippen LogP contribution >= 0.6 is 0 Å². The Balaban J connectivity index is 0.00000306. The summed E-state index contributed by atoms with van der Waals surface area (Å²) in [6, 6.07) is 12.2. The summed E-state index contributed by atoms with van der Waals surface area (Å²) in [6.45, 7) is 5.04. The van der Waals surface area contributed by atoms with E-state index in [9.17, 15) is 19.7 Å². The molecule has 0 aromatic heterocycles. The van der Waals surface area contributed by atoms with Gasteiger partial charge in [-0.05, 0) is 44.9 Å². The molecule has 1 fully saturated rings. The second-order valence-electron chi connectivity index (χ2n) is 8.36. The minimum atomic E-state index is -0.453. The van der Waals surface area contributed by atoms with Gasteiger partial charge >= 0.3 is 6.09 Å². The van der Waals surface area contributed by atoms with Crippen molar-refractivity contribution in [3.63, 3.8) is 0 Å². The first kappa shape index (κ1) is 21.6. The topological polar surface area (TPSA) is 105 Å². The number of cyclic esters (lactones) is 1. The van der Waals surface area contributed by atoms with Gasteiger partial charge in [-0.3, -0.25) is 19.8 Å². The quantitative estimate of drug-likeness (QED) is 0.554. The molecule has 9 heteroatoms. The number of piperidine rings is 1. The Morgan fingerprint density at radius 2 is 1.91 bits per heavy atom. The Hall–Kier alpha value is -3.62. The highest BCUT2D eigenvalue weighted by atomic mass is 16.6. The first-order valence-corrected chi connectivity index (χ1v) is 10.7. The van der Waals surface area contributed by atoms with Crippen LogP contribution < -0.4 is 15.1 Å². The molecule has 1 N–H and O–H groups in total. The van der Waals surface area contributed by atoms with Crippen molar-refractivity contribution in [1.82, 2.24) is 5.32 Å². The number of hydrogen-bond acceptors (Lipinski definition) is 6. The third kappa shape index (κ3) is 4.23. The number of amides is 2. The van der Waals surface area contributed by atoms with Gasteiger partial charge in [-0.25, -0.2) is 4.79 Å². The van der Waals surface area contributed by atoms with Gasteiger partial charge in [0, 0.05) is 43.8 Å². The number of rotatable bonds is 5. The minimum Gasteiger partial charge on any atom is -0.444 e. The molecule has 0 bridgehead atoms. The lowest BCUT2D eigenvalue weighted by atomic mass is 9.99.